The van der Waals surface area contributed by atoms with Gasteiger partial charge < -0.3 is 19.8 Å². The second kappa shape index (κ2) is 9.09. The quantitative estimate of drug-likeness (QED) is 0.385. The van der Waals surface area contributed by atoms with E-state index >= 15 is 0 Å². The Morgan fingerprint density at radius 3 is 2.70 bits per heavy atom. The summed E-state index contributed by atoms with van der Waals surface area (Å²) in [4.78, 5) is 18.5. The third kappa shape index (κ3) is 4.41. The average molecular weight is 400 g/mol. The number of hydrogen-bond donors (Lipinski definition) is 2. The molecule has 4 aromatic rings. The number of hydrogen-bond acceptors (Lipinski definition) is 3. The molecule has 0 unspecified atom stereocenters. The Morgan fingerprint density at radius 1 is 1.13 bits per heavy atom. The van der Waals surface area contributed by atoms with E-state index in [-0.39, 0.29) is 0 Å². The van der Waals surface area contributed by atoms with Crippen molar-refractivity contribution in [1.29, 1.82) is 0 Å². The van der Waals surface area contributed by atoms with E-state index in [1.807, 2.05) is 59.2 Å². The Balaban J connectivity index is 1.41. The molecule has 0 aliphatic heterocycles. The van der Waals surface area contributed by atoms with E-state index in [9.17, 15) is 0 Å². The normalized spacial score (nSPS) is 11.5. The lowest BCUT2D eigenvalue weighted by Crippen LogP contribution is -2.38. The molecule has 2 heterocycles. The monoisotopic (exact) mass is 399 g/mol. The van der Waals surface area contributed by atoms with Crippen molar-refractivity contribution < 1.29 is 0 Å². The highest BCUT2D eigenvalue weighted by Crippen LogP contribution is 2.17. The van der Waals surface area contributed by atoms with Gasteiger partial charge in [0.15, 0.2) is 5.96 Å². The standard InChI is InChI=1S/C23H25N7/c1-24-23(27-14-19-10-6-7-11-21(19)30-13-12-25-17-30)29(2)16-22-26-15-20(28-22)18-8-4-3-5-9-18/h3-13,15,17H,14,16H2,1-2H3,(H,24,27)(H,26,28). The first-order chi connectivity index (χ1) is 14.7. The van der Waals surface area contributed by atoms with Crippen molar-refractivity contribution >= 4 is 5.96 Å². The zero-order valence-corrected chi connectivity index (χ0v) is 17.2. The molecule has 0 aliphatic carbocycles. The molecular formula is C23H25N7. The molecule has 0 radical (unpaired) electrons. The van der Waals surface area contributed by atoms with Crippen LogP contribution in [0, 0.1) is 0 Å². The van der Waals surface area contributed by atoms with Crippen LogP contribution < -0.4 is 5.32 Å². The minimum absolute atomic E-state index is 0.621. The minimum atomic E-state index is 0.621. The maximum atomic E-state index is 4.53. The number of aromatic amines is 1. The lowest BCUT2D eigenvalue weighted by atomic mass is 10.1. The zero-order chi connectivity index (χ0) is 20.8. The summed E-state index contributed by atoms with van der Waals surface area (Å²) in [6.45, 7) is 1.27. The number of imidazole rings is 2. The van der Waals surface area contributed by atoms with Gasteiger partial charge in [-0.05, 0) is 17.2 Å². The fourth-order valence-electron chi connectivity index (χ4n) is 3.38. The van der Waals surface area contributed by atoms with E-state index in [1.165, 1.54) is 0 Å². The summed E-state index contributed by atoms with van der Waals surface area (Å²) >= 11 is 0. The van der Waals surface area contributed by atoms with Gasteiger partial charge in [-0.2, -0.15) is 0 Å². The fraction of sp³-hybridized carbons (Fsp3) is 0.174. The molecule has 0 bridgehead atoms. The summed E-state index contributed by atoms with van der Waals surface area (Å²) in [6, 6.07) is 18.4. The number of aliphatic imine (C=N–C) groups is 1. The van der Waals surface area contributed by atoms with Crippen molar-refractivity contribution in [3.05, 3.63) is 90.9 Å². The van der Waals surface area contributed by atoms with Crippen molar-refractivity contribution in [3.63, 3.8) is 0 Å². The number of para-hydroxylation sites is 1. The van der Waals surface area contributed by atoms with E-state index in [1.54, 1.807) is 19.6 Å². The van der Waals surface area contributed by atoms with Gasteiger partial charge in [-0.25, -0.2) is 9.97 Å². The predicted molar refractivity (Wildman–Crippen MR) is 119 cm³/mol. The molecule has 7 heteroatoms. The topological polar surface area (TPSA) is 74.1 Å². The molecule has 7 nitrogen and oxygen atoms in total. The van der Waals surface area contributed by atoms with Crippen molar-refractivity contribution in [2.24, 2.45) is 4.99 Å². The van der Waals surface area contributed by atoms with Crippen molar-refractivity contribution in [2.75, 3.05) is 14.1 Å². The number of nitrogens with zero attached hydrogens (tertiary/aromatic N) is 5. The maximum Gasteiger partial charge on any atom is 0.194 e. The molecule has 30 heavy (non-hydrogen) atoms. The number of guanidine groups is 1. The summed E-state index contributed by atoms with van der Waals surface area (Å²) in [5.74, 6) is 1.69. The van der Waals surface area contributed by atoms with Crippen LogP contribution in [0.2, 0.25) is 0 Å². The molecule has 0 fully saturated rings. The summed E-state index contributed by atoms with van der Waals surface area (Å²) in [5.41, 5.74) is 4.39. The predicted octanol–water partition coefficient (Wildman–Crippen LogP) is 3.47. The third-order valence-corrected chi connectivity index (χ3v) is 4.88. The first-order valence-corrected chi connectivity index (χ1v) is 9.82. The Kier molecular flexibility index (Phi) is 5.89. The van der Waals surface area contributed by atoms with E-state index in [2.05, 4.69) is 49.5 Å². The van der Waals surface area contributed by atoms with Gasteiger partial charge in [-0.1, -0.05) is 48.5 Å². The summed E-state index contributed by atoms with van der Waals surface area (Å²) in [7, 11) is 3.79. The second-order valence-electron chi connectivity index (χ2n) is 6.97. The number of nitrogens with one attached hydrogen (secondary N) is 2. The van der Waals surface area contributed by atoms with Crippen LogP contribution in [0.3, 0.4) is 0 Å². The minimum Gasteiger partial charge on any atom is -0.352 e. The molecule has 152 valence electrons. The number of H-pyrrole nitrogens is 1. The van der Waals surface area contributed by atoms with Crippen molar-refractivity contribution in [1.82, 2.24) is 29.7 Å². The number of aromatic nitrogens is 4. The first-order valence-electron chi connectivity index (χ1n) is 9.82. The van der Waals surface area contributed by atoms with Crippen LogP contribution in [0.4, 0.5) is 0 Å². The molecule has 0 atom stereocenters. The Hall–Kier alpha value is -3.87. The van der Waals surface area contributed by atoms with E-state index < -0.39 is 0 Å². The van der Waals surface area contributed by atoms with Gasteiger partial charge in [0.05, 0.1) is 30.5 Å². The van der Waals surface area contributed by atoms with Crippen LogP contribution in [0.25, 0.3) is 16.9 Å². The average Bonchev–Trinajstić information content (AvgIpc) is 3.48. The fourth-order valence-corrected chi connectivity index (χ4v) is 3.38. The van der Waals surface area contributed by atoms with Gasteiger partial charge in [0, 0.05) is 33.0 Å². The molecule has 0 aliphatic rings. The smallest absolute Gasteiger partial charge is 0.194 e. The molecule has 2 N–H and O–H groups in total. The van der Waals surface area contributed by atoms with Crippen molar-refractivity contribution in [2.45, 2.75) is 13.1 Å². The zero-order valence-electron chi connectivity index (χ0n) is 17.2. The first kappa shape index (κ1) is 19.4. The highest BCUT2D eigenvalue weighted by Gasteiger charge is 2.11. The van der Waals surface area contributed by atoms with Gasteiger partial charge in [-0.15, -0.1) is 0 Å². The lowest BCUT2D eigenvalue weighted by molar-refractivity contribution is 0.464. The van der Waals surface area contributed by atoms with Crippen LogP contribution in [0.5, 0.6) is 0 Å². The molecule has 2 aromatic carbocycles. The van der Waals surface area contributed by atoms with Gasteiger partial charge in [0.2, 0.25) is 0 Å². The van der Waals surface area contributed by atoms with E-state index in [0.717, 1.165) is 34.3 Å². The Bertz CT molecular complexity index is 1100. The van der Waals surface area contributed by atoms with Crippen LogP contribution in [-0.2, 0) is 13.1 Å². The van der Waals surface area contributed by atoms with E-state index in [0.29, 0.717) is 13.1 Å². The second-order valence-corrected chi connectivity index (χ2v) is 6.97. The van der Waals surface area contributed by atoms with E-state index in [4.69, 9.17) is 0 Å². The molecular weight excluding hydrogens is 374 g/mol. The van der Waals surface area contributed by atoms with Gasteiger partial charge in [0.25, 0.3) is 0 Å². The molecule has 0 saturated heterocycles. The molecule has 4 rings (SSSR count). The SMILES string of the molecule is CN=C(NCc1ccccc1-n1ccnc1)N(C)Cc1ncc(-c2ccccc2)[nH]1. The molecule has 0 saturated carbocycles. The summed E-state index contributed by atoms with van der Waals surface area (Å²) in [6.07, 6.45) is 7.40. The number of benzene rings is 2. The molecule has 2 aromatic heterocycles. The van der Waals surface area contributed by atoms with Gasteiger partial charge in [-0.3, -0.25) is 4.99 Å². The van der Waals surface area contributed by atoms with Crippen LogP contribution in [0.15, 0.2) is 84.5 Å². The maximum absolute atomic E-state index is 4.53. The van der Waals surface area contributed by atoms with Crippen LogP contribution in [0.1, 0.15) is 11.4 Å². The van der Waals surface area contributed by atoms with Gasteiger partial charge >= 0.3 is 0 Å². The largest absolute Gasteiger partial charge is 0.352 e. The molecule has 0 amide bonds. The highest BCUT2D eigenvalue weighted by molar-refractivity contribution is 5.79. The van der Waals surface area contributed by atoms with Crippen LogP contribution >= 0.6 is 0 Å². The highest BCUT2D eigenvalue weighted by atomic mass is 15.3. The van der Waals surface area contributed by atoms with Crippen molar-refractivity contribution in [3.8, 4) is 16.9 Å². The summed E-state index contributed by atoms with van der Waals surface area (Å²) in [5, 5.41) is 3.45. The Labute approximate surface area is 176 Å². The lowest BCUT2D eigenvalue weighted by Gasteiger charge is -2.21. The summed E-state index contributed by atoms with van der Waals surface area (Å²) < 4.78 is 2.01. The number of rotatable bonds is 6. The Morgan fingerprint density at radius 2 is 1.93 bits per heavy atom. The van der Waals surface area contributed by atoms with Gasteiger partial charge in [0.1, 0.15) is 5.82 Å². The van der Waals surface area contributed by atoms with Crippen LogP contribution in [-0.4, -0.2) is 44.5 Å². The molecule has 0 spiro atoms. The third-order valence-electron chi connectivity index (χ3n) is 4.88.